The lowest BCUT2D eigenvalue weighted by Gasteiger charge is -2.40. The maximum atomic E-state index is 12.3. The van der Waals surface area contributed by atoms with Gasteiger partial charge in [-0.3, -0.25) is 9.63 Å². The van der Waals surface area contributed by atoms with Crippen molar-refractivity contribution in [2.24, 2.45) is 5.92 Å². The number of rotatable bonds is 5. The minimum Gasteiger partial charge on any atom is -0.464 e. The molecular formula is C20H31NO4Si. The van der Waals surface area contributed by atoms with Gasteiger partial charge in [0, 0.05) is 0 Å². The molecule has 0 saturated carbocycles. The number of hydrogen-bond acceptors (Lipinski definition) is 5. The van der Waals surface area contributed by atoms with E-state index in [0.717, 1.165) is 5.56 Å². The van der Waals surface area contributed by atoms with Crippen molar-refractivity contribution >= 4 is 14.3 Å². The molecule has 0 N–H and O–H groups in total. The summed E-state index contributed by atoms with van der Waals surface area (Å²) in [7, 11) is -1.92. The Morgan fingerprint density at radius 3 is 2.54 bits per heavy atom. The maximum absolute atomic E-state index is 12.3. The Labute approximate surface area is 157 Å². The van der Waals surface area contributed by atoms with Crippen LogP contribution in [0.3, 0.4) is 0 Å². The Morgan fingerprint density at radius 1 is 1.27 bits per heavy atom. The summed E-state index contributed by atoms with van der Waals surface area (Å²) in [5.74, 6) is -0.168. The first-order chi connectivity index (χ1) is 12.1. The molecule has 0 bridgehead atoms. The van der Waals surface area contributed by atoms with E-state index in [1.54, 1.807) is 5.06 Å². The lowest BCUT2D eigenvalue weighted by Crippen LogP contribution is -2.47. The van der Waals surface area contributed by atoms with E-state index in [2.05, 4.69) is 40.8 Å². The lowest BCUT2D eigenvalue weighted by molar-refractivity contribution is -0.200. The topological polar surface area (TPSA) is 48.0 Å². The van der Waals surface area contributed by atoms with Gasteiger partial charge in [0.1, 0.15) is 12.1 Å². The Bertz CT molecular complexity index is 643. The zero-order valence-corrected chi connectivity index (χ0v) is 17.7. The number of carbonyl (C=O) groups excluding carboxylic acids is 1. The summed E-state index contributed by atoms with van der Waals surface area (Å²) in [6.45, 7) is 14.2. The first-order valence-electron chi connectivity index (χ1n) is 9.42. The van der Waals surface area contributed by atoms with Gasteiger partial charge in [-0.1, -0.05) is 51.1 Å². The smallest absolute Gasteiger partial charge is 0.326 e. The summed E-state index contributed by atoms with van der Waals surface area (Å²) in [5, 5.41) is 1.93. The van der Waals surface area contributed by atoms with E-state index in [1.807, 2.05) is 30.3 Å². The number of nitrogens with zero attached hydrogens (tertiary/aromatic N) is 1. The van der Waals surface area contributed by atoms with Crippen molar-refractivity contribution in [3.63, 3.8) is 0 Å². The van der Waals surface area contributed by atoms with Crippen molar-refractivity contribution in [2.75, 3.05) is 6.61 Å². The zero-order valence-electron chi connectivity index (χ0n) is 16.7. The van der Waals surface area contributed by atoms with E-state index in [9.17, 15) is 4.79 Å². The predicted molar refractivity (Wildman–Crippen MR) is 103 cm³/mol. The van der Waals surface area contributed by atoms with E-state index < -0.39 is 8.32 Å². The largest absolute Gasteiger partial charge is 0.464 e. The van der Waals surface area contributed by atoms with Crippen molar-refractivity contribution < 1.29 is 18.8 Å². The van der Waals surface area contributed by atoms with Crippen molar-refractivity contribution in [3.8, 4) is 0 Å². The normalized spacial score (nSPS) is 28.1. The molecule has 4 atom stereocenters. The van der Waals surface area contributed by atoms with Crippen molar-refractivity contribution in [1.82, 2.24) is 5.06 Å². The second-order valence-corrected chi connectivity index (χ2v) is 13.7. The molecule has 5 nitrogen and oxygen atoms in total. The molecule has 0 amide bonds. The molecule has 2 aliphatic heterocycles. The molecule has 6 heteroatoms. The second kappa shape index (κ2) is 7.07. The van der Waals surface area contributed by atoms with E-state index >= 15 is 0 Å². The van der Waals surface area contributed by atoms with Crippen molar-refractivity contribution in [3.05, 3.63) is 35.9 Å². The predicted octanol–water partition coefficient (Wildman–Crippen LogP) is 3.75. The molecule has 0 aromatic heterocycles. The van der Waals surface area contributed by atoms with Crippen molar-refractivity contribution in [1.29, 1.82) is 0 Å². The molecule has 2 aliphatic rings. The highest BCUT2D eigenvalue weighted by Gasteiger charge is 2.55. The second-order valence-electron chi connectivity index (χ2n) is 8.95. The molecule has 0 aliphatic carbocycles. The standard InChI is InChI=1S/C20H31NO4Si/c1-14(25-26(5,6)20(2,3)4)18-16-13-23-19(22)17(16)21(24-18)12-15-10-8-7-9-11-15/h7-11,14,16-18H,12-13H2,1-6H3/t14-,16+,17+,18-/m0/s1. The van der Waals surface area contributed by atoms with Crippen LogP contribution in [0.5, 0.6) is 0 Å². The van der Waals surface area contributed by atoms with Gasteiger partial charge < -0.3 is 9.16 Å². The summed E-state index contributed by atoms with van der Waals surface area (Å²) in [4.78, 5) is 18.5. The van der Waals surface area contributed by atoms with Crippen LogP contribution in [-0.4, -0.2) is 44.2 Å². The maximum Gasteiger partial charge on any atom is 0.326 e. The minimum absolute atomic E-state index is 0.0194. The van der Waals surface area contributed by atoms with E-state index in [4.69, 9.17) is 14.0 Å². The fraction of sp³-hybridized carbons (Fsp3) is 0.650. The van der Waals surface area contributed by atoms with Gasteiger partial charge in [0.05, 0.1) is 25.2 Å². The van der Waals surface area contributed by atoms with Gasteiger partial charge in [-0.15, -0.1) is 0 Å². The fourth-order valence-electron chi connectivity index (χ4n) is 3.48. The number of hydroxylamine groups is 2. The Hall–Kier alpha value is -1.21. The first kappa shape index (κ1) is 19.5. The lowest BCUT2D eigenvalue weighted by atomic mass is 9.95. The summed E-state index contributed by atoms with van der Waals surface area (Å²) < 4.78 is 11.9. The summed E-state index contributed by atoms with van der Waals surface area (Å²) in [5.41, 5.74) is 1.12. The molecule has 3 rings (SSSR count). The van der Waals surface area contributed by atoms with Crippen LogP contribution in [0.25, 0.3) is 0 Å². The van der Waals surface area contributed by atoms with Crippen LogP contribution in [0.4, 0.5) is 0 Å². The average molecular weight is 378 g/mol. The van der Waals surface area contributed by atoms with Gasteiger partial charge in [0.15, 0.2) is 8.32 Å². The van der Waals surface area contributed by atoms with Crippen LogP contribution in [0.15, 0.2) is 30.3 Å². The summed E-state index contributed by atoms with van der Waals surface area (Å²) in [6.07, 6.45) is -0.247. The molecule has 0 unspecified atom stereocenters. The van der Waals surface area contributed by atoms with E-state index in [-0.39, 0.29) is 35.2 Å². The highest BCUT2D eigenvalue weighted by atomic mass is 28.4. The van der Waals surface area contributed by atoms with Crippen LogP contribution < -0.4 is 0 Å². The summed E-state index contributed by atoms with van der Waals surface area (Å²) in [6, 6.07) is 9.72. The number of ether oxygens (including phenoxy) is 1. The average Bonchev–Trinajstić information content (AvgIpc) is 3.09. The summed E-state index contributed by atoms with van der Waals surface area (Å²) >= 11 is 0. The van der Waals surface area contributed by atoms with Crippen LogP contribution in [0, 0.1) is 5.92 Å². The Kier molecular flexibility index (Phi) is 5.32. The van der Waals surface area contributed by atoms with Gasteiger partial charge in [-0.2, -0.15) is 5.06 Å². The van der Waals surface area contributed by atoms with E-state index in [1.165, 1.54) is 0 Å². The van der Waals surface area contributed by atoms with Gasteiger partial charge >= 0.3 is 5.97 Å². The third-order valence-corrected chi connectivity index (χ3v) is 10.6. The molecule has 1 aromatic carbocycles. The molecule has 1 aromatic rings. The number of fused-ring (bicyclic) bond motifs is 1. The van der Waals surface area contributed by atoms with Gasteiger partial charge in [-0.05, 0) is 30.6 Å². The van der Waals surface area contributed by atoms with Crippen LogP contribution in [-0.2, 0) is 25.3 Å². The number of cyclic esters (lactones) is 1. The zero-order chi connectivity index (χ0) is 19.1. The molecular weight excluding hydrogens is 346 g/mol. The highest BCUT2D eigenvalue weighted by molar-refractivity contribution is 6.74. The molecule has 144 valence electrons. The molecule has 26 heavy (non-hydrogen) atoms. The molecule has 2 fully saturated rings. The van der Waals surface area contributed by atoms with Gasteiger partial charge in [0.25, 0.3) is 0 Å². The monoisotopic (exact) mass is 377 g/mol. The third-order valence-electron chi connectivity index (χ3n) is 5.99. The fourth-order valence-corrected chi connectivity index (χ4v) is 4.89. The van der Waals surface area contributed by atoms with Crippen LogP contribution >= 0.6 is 0 Å². The Balaban J connectivity index is 1.75. The van der Waals surface area contributed by atoms with Crippen LogP contribution in [0.2, 0.25) is 18.1 Å². The first-order valence-corrected chi connectivity index (χ1v) is 12.3. The van der Waals surface area contributed by atoms with Crippen LogP contribution in [0.1, 0.15) is 33.3 Å². The number of benzene rings is 1. The molecule has 0 spiro atoms. The minimum atomic E-state index is -1.92. The molecule has 2 saturated heterocycles. The Morgan fingerprint density at radius 2 is 1.92 bits per heavy atom. The third kappa shape index (κ3) is 3.74. The molecule has 2 heterocycles. The van der Waals surface area contributed by atoms with Crippen molar-refractivity contribution in [2.45, 2.75) is 70.6 Å². The molecule has 0 radical (unpaired) electrons. The highest BCUT2D eigenvalue weighted by Crippen LogP contribution is 2.41. The number of hydrogen-bond donors (Lipinski definition) is 0. The van der Waals surface area contributed by atoms with Gasteiger partial charge in [-0.25, -0.2) is 0 Å². The van der Waals surface area contributed by atoms with E-state index in [0.29, 0.717) is 13.2 Å². The SMILES string of the molecule is C[C@H](O[Si](C)(C)C(C)(C)C)[C@@H]1ON(Cc2ccccc2)[C@H]2C(=O)OC[C@@H]12. The number of esters is 1. The quantitative estimate of drug-likeness (QED) is 0.578. The number of carbonyl (C=O) groups is 1. The van der Waals surface area contributed by atoms with Gasteiger partial charge in [0.2, 0.25) is 0 Å².